The molecule has 1 heterocycles. The molecule has 1 rings (SSSR count). The van der Waals surface area contributed by atoms with Crippen molar-refractivity contribution in [2.45, 2.75) is 24.3 Å². The lowest BCUT2D eigenvalue weighted by Gasteiger charge is -2.05. The fourth-order valence-corrected chi connectivity index (χ4v) is 1.91. The predicted molar refractivity (Wildman–Crippen MR) is 62.1 cm³/mol. The zero-order chi connectivity index (χ0) is 11.1. The van der Waals surface area contributed by atoms with Gasteiger partial charge >= 0.3 is 0 Å². The Labute approximate surface area is 94.9 Å². The Kier molecular flexibility index (Phi) is 5.68. The standard InChI is InChI=1S/C11H17NO2S/c1-9(13)11-5-4-10(8-12-11)15-7-3-6-14-2/h4-5,8-9,13H,3,6-7H2,1-2H3. The van der Waals surface area contributed by atoms with Crippen LogP contribution in [-0.2, 0) is 4.74 Å². The van der Waals surface area contributed by atoms with Crippen LogP contribution in [0.1, 0.15) is 25.1 Å². The van der Waals surface area contributed by atoms with E-state index < -0.39 is 6.10 Å². The molecule has 3 nitrogen and oxygen atoms in total. The Balaban J connectivity index is 2.36. The first-order chi connectivity index (χ1) is 7.24. The fraction of sp³-hybridized carbons (Fsp3) is 0.545. The second kappa shape index (κ2) is 6.82. The predicted octanol–water partition coefficient (Wildman–Crippen LogP) is 2.26. The van der Waals surface area contributed by atoms with Gasteiger partial charge in [0, 0.05) is 30.6 Å². The van der Waals surface area contributed by atoms with Crippen LogP contribution in [0, 0.1) is 0 Å². The van der Waals surface area contributed by atoms with E-state index in [1.807, 2.05) is 12.1 Å². The SMILES string of the molecule is COCCCSc1ccc(C(C)O)nc1. The van der Waals surface area contributed by atoms with Crippen LogP contribution in [0.2, 0.25) is 0 Å². The van der Waals surface area contributed by atoms with Crippen molar-refractivity contribution in [2.24, 2.45) is 0 Å². The number of pyridine rings is 1. The van der Waals surface area contributed by atoms with E-state index in [1.54, 1.807) is 32.0 Å². The topological polar surface area (TPSA) is 42.4 Å². The number of methoxy groups -OCH3 is 1. The molecule has 1 aromatic heterocycles. The van der Waals surface area contributed by atoms with Crippen molar-refractivity contribution < 1.29 is 9.84 Å². The van der Waals surface area contributed by atoms with Crippen molar-refractivity contribution in [3.8, 4) is 0 Å². The molecule has 1 N–H and O–H groups in total. The minimum absolute atomic E-state index is 0.488. The van der Waals surface area contributed by atoms with Gasteiger partial charge in [-0.1, -0.05) is 0 Å². The van der Waals surface area contributed by atoms with Crippen LogP contribution in [0.5, 0.6) is 0 Å². The third kappa shape index (κ3) is 4.64. The molecule has 15 heavy (non-hydrogen) atoms. The number of nitrogens with zero attached hydrogens (tertiary/aromatic N) is 1. The highest BCUT2D eigenvalue weighted by Crippen LogP contribution is 2.19. The van der Waals surface area contributed by atoms with E-state index in [0.29, 0.717) is 0 Å². The maximum Gasteiger partial charge on any atom is 0.0931 e. The number of hydrogen-bond acceptors (Lipinski definition) is 4. The maximum atomic E-state index is 9.27. The van der Waals surface area contributed by atoms with Gasteiger partial charge in [-0.15, -0.1) is 11.8 Å². The van der Waals surface area contributed by atoms with E-state index in [0.717, 1.165) is 29.4 Å². The summed E-state index contributed by atoms with van der Waals surface area (Å²) < 4.78 is 4.97. The number of aliphatic hydroxyl groups excluding tert-OH is 1. The molecule has 1 aromatic rings. The molecule has 0 aliphatic rings. The van der Waals surface area contributed by atoms with Gasteiger partial charge in [-0.05, 0) is 25.5 Å². The smallest absolute Gasteiger partial charge is 0.0931 e. The normalized spacial score (nSPS) is 12.7. The Hall–Kier alpha value is -0.580. The number of ether oxygens (including phenoxy) is 1. The molecule has 0 fully saturated rings. The van der Waals surface area contributed by atoms with Gasteiger partial charge in [0.25, 0.3) is 0 Å². The number of hydrogen-bond donors (Lipinski definition) is 1. The Bertz CT molecular complexity index is 274. The second-order valence-corrected chi connectivity index (χ2v) is 4.46. The van der Waals surface area contributed by atoms with Gasteiger partial charge in [0.1, 0.15) is 0 Å². The van der Waals surface area contributed by atoms with Gasteiger partial charge in [0.15, 0.2) is 0 Å². The molecule has 1 atom stereocenters. The van der Waals surface area contributed by atoms with Crippen LogP contribution in [-0.4, -0.2) is 29.6 Å². The quantitative estimate of drug-likeness (QED) is 0.598. The number of aromatic nitrogens is 1. The summed E-state index contributed by atoms with van der Waals surface area (Å²) in [7, 11) is 1.71. The van der Waals surface area contributed by atoms with Crippen LogP contribution in [0.15, 0.2) is 23.2 Å². The average Bonchev–Trinajstić information content (AvgIpc) is 2.25. The zero-order valence-electron chi connectivity index (χ0n) is 9.14. The molecular weight excluding hydrogens is 210 g/mol. The molecule has 0 aliphatic carbocycles. The third-order valence-electron chi connectivity index (χ3n) is 1.95. The molecule has 0 saturated heterocycles. The summed E-state index contributed by atoms with van der Waals surface area (Å²) >= 11 is 1.76. The Morgan fingerprint density at radius 2 is 2.33 bits per heavy atom. The van der Waals surface area contributed by atoms with Gasteiger partial charge in [-0.25, -0.2) is 0 Å². The highest BCUT2D eigenvalue weighted by atomic mass is 32.2. The van der Waals surface area contributed by atoms with E-state index >= 15 is 0 Å². The summed E-state index contributed by atoms with van der Waals surface area (Å²) in [4.78, 5) is 5.31. The molecular formula is C11H17NO2S. The lowest BCUT2D eigenvalue weighted by atomic mass is 10.2. The van der Waals surface area contributed by atoms with Crippen LogP contribution in [0.4, 0.5) is 0 Å². The van der Waals surface area contributed by atoms with E-state index in [1.165, 1.54) is 0 Å². The monoisotopic (exact) mass is 227 g/mol. The number of thioether (sulfide) groups is 1. The summed E-state index contributed by atoms with van der Waals surface area (Å²) in [6.07, 6.45) is 2.36. The second-order valence-electron chi connectivity index (χ2n) is 3.29. The summed E-state index contributed by atoms with van der Waals surface area (Å²) in [6.45, 7) is 2.51. The third-order valence-corrected chi connectivity index (χ3v) is 3.02. The fourth-order valence-electron chi connectivity index (χ4n) is 1.12. The molecule has 0 radical (unpaired) electrons. The lowest BCUT2D eigenvalue weighted by molar-refractivity contribution is 0.194. The van der Waals surface area contributed by atoms with Crippen molar-refractivity contribution in [3.05, 3.63) is 24.0 Å². The van der Waals surface area contributed by atoms with Crippen molar-refractivity contribution in [2.75, 3.05) is 19.5 Å². The molecule has 0 aromatic carbocycles. The van der Waals surface area contributed by atoms with Crippen LogP contribution >= 0.6 is 11.8 Å². The minimum Gasteiger partial charge on any atom is -0.387 e. The van der Waals surface area contributed by atoms with Crippen LogP contribution in [0.3, 0.4) is 0 Å². The first-order valence-corrected chi connectivity index (χ1v) is 5.98. The van der Waals surface area contributed by atoms with Gasteiger partial charge in [0.2, 0.25) is 0 Å². The van der Waals surface area contributed by atoms with Crippen molar-refractivity contribution in [3.63, 3.8) is 0 Å². The molecule has 0 saturated carbocycles. The highest BCUT2D eigenvalue weighted by molar-refractivity contribution is 7.99. The molecule has 1 unspecified atom stereocenters. The Morgan fingerprint density at radius 3 is 2.87 bits per heavy atom. The number of rotatable bonds is 6. The summed E-state index contributed by atoms with van der Waals surface area (Å²) in [5.74, 6) is 1.03. The zero-order valence-corrected chi connectivity index (χ0v) is 9.96. The summed E-state index contributed by atoms with van der Waals surface area (Å²) in [5, 5.41) is 9.27. The first kappa shape index (κ1) is 12.5. The lowest BCUT2D eigenvalue weighted by Crippen LogP contribution is -1.95. The van der Waals surface area contributed by atoms with E-state index in [2.05, 4.69) is 4.98 Å². The van der Waals surface area contributed by atoms with Gasteiger partial charge in [-0.3, -0.25) is 4.98 Å². The van der Waals surface area contributed by atoms with Crippen LogP contribution in [0.25, 0.3) is 0 Å². The van der Waals surface area contributed by atoms with Gasteiger partial charge < -0.3 is 9.84 Å². The summed E-state index contributed by atoms with van der Waals surface area (Å²) in [6, 6.07) is 3.86. The molecule has 0 amide bonds. The van der Waals surface area contributed by atoms with Gasteiger partial charge in [-0.2, -0.15) is 0 Å². The molecule has 0 spiro atoms. The van der Waals surface area contributed by atoms with E-state index in [9.17, 15) is 5.11 Å². The Morgan fingerprint density at radius 1 is 1.53 bits per heavy atom. The largest absolute Gasteiger partial charge is 0.387 e. The molecule has 84 valence electrons. The number of aliphatic hydroxyl groups is 1. The minimum atomic E-state index is -0.488. The highest BCUT2D eigenvalue weighted by Gasteiger charge is 2.01. The van der Waals surface area contributed by atoms with E-state index in [4.69, 9.17) is 4.74 Å². The first-order valence-electron chi connectivity index (χ1n) is 5.00. The molecule has 0 aliphatic heterocycles. The van der Waals surface area contributed by atoms with Crippen molar-refractivity contribution in [1.29, 1.82) is 0 Å². The maximum absolute atomic E-state index is 9.27. The van der Waals surface area contributed by atoms with Gasteiger partial charge in [0.05, 0.1) is 11.8 Å². The molecule has 4 heteroatoms. The molecule has 0 bridgehead atoms. The van der Waals surface area contributed by atoms with Crippen molar-refractivity contribution >= 4 is 11.8 Å². The van der Waals surface area contributed by atoms with E-state index in [-0.39, 0.29) is 0 Å². The van der Waals surface area contributed by atoms with Crippen molar-refractivity contribution in [1.82, 2.24) is 4.98 Å². The summed E-state index contributed by atoms with van der Waals surface area (Å²) in [5.41, 5.74) is 0.719. The average molecular weight is 227 g/mol. The van der Waals surface area contributed by atoms with Crippen LogP contribution < -0.4 is 0 Å².